The number of likely N-dealkylation sites (tertiary alicyclic amines) is 1. The number of nitrogens with one attached hydrogen (secondary N) is 2. The van der Waals surface area contributed by atoms with Crippen molar-refractivity contribution < 1.29 is 4.79 Å². The Balaban J connectivity index is 1.15. The maximum absolute atomic E-state index is 12.4. The van der Waals surface area contributed by atoms with E-state index in [1.807, 2.05) is 23.9 Å². The second kappa shape index (κ2) is 9.33. The van der Waals surface area contributed by atoms with Gasteiger partial charge in [-0.1, -0.05) is 0 Å². The molecule has 0 aromatic carbocycles. The summed E-state index contributed by atoms with van der Waals surface area (Å²) in [6.45, 7) is 4.51. The molecule has 1 saturated heterocycles. The number of piperidine rings is 1. The molecule has 2 aliphatic heterocycles. The maximum atomic E-state index is 12.4. The Kier molecular flexibility index (Phi) is 6.11. The molecule has 2 N–H and O–H groups in total. The van der Waals surface area contributed by atoms with Crippen LogP contribution in [0, 0.1) is 0 Å². The number of aromatic nitrogens is 3. The van der Waals surface area contributed by atoms with E-state index >= 15 is 0 Å². The molecule has 0 spiro atoms. The highest BCUT2D eigenvalue weighted by atomic mass is 16.1. The lowest BCUT2D eigenvalue weighted by atomic mass is 10.0. The molecule has 8 heteroatoms. The van der Waals surface area contributed by atoms with Gasteiger partial charge in [-0.15, -0.1) is 0 Å². The third-order valence-corrected chi connectivity index (χ3v) is 6.90. The van der Waals surface area contributed by atoms with Crippen LogP contribution in [0.5, 0.6) is 0 Å². The molecule has 1 atom stereocenters. The largest absolute Gasteiger partial charge is 0.354 e. The molecule has 0 aliphatic carbocycles. The Morgan fingerprint density at radius 2 is 2.09 bits per heavy atom. The van der Waals surface area contributed by atoms with Gasteiger partial charge < -0.3 is 20.1 Å². The summed E-state index contributed by atoms with van der Waals surface area (Å²) in [5, 5.41) is 4.84. The standard InChI is InChI=1S/C25H30N6O2/c1-29-22(17-31-23(33)7-6-18(25(29)31)5-3-13-32)16-30-11-8-20(9-12-30)27-15-21-14-19-4-2-10-26-24(19)28-21/h2-7,10,13-14,20,22,27H,8-9,11-12,15-17H2,1H3,(H,26,28)/b5-3-. The Hall–Kier alpha value is -3.23. The van der Waals surface area contributed by atoms with E-state index in [9.17, 15) is 9.59 Å². The Morgan fingerprint density at radius 3 is 2.88 bits per heavy atom. The molecule has 0 saturated carbocycles. The van der Waals surface area contributed by atoms with E-state index in [0.717, 1.165) is 67.7 Å². The van der Waals surface area contributed by atoms with Crippen molar-refractivity contribution in [3.8, 4) is 0 Å². The van der Waals surface area contributed by atoms with Gasteiger partial charge in [0.15, 0.2) is 0 Å². The van der Waals surface area contributed by atoms with Gasteiger partial charge in [-0.2, -0.15) is 0 Å². The second-order valence-electron chi connectivity index (χ2n) is 9.01. The van der Waals surface area contributed by atoms with Crippen LogP contribution in [0.15, 0.2) is 47.4 Å². The normalized spacial score (nSPS) is 19.5. The molecule has 1 fully saturated rings. The predicted molar refractivity (Wildman–Crippen MR) is 130 cm³/mol. The number of pyridine rings is 2. The zero-order valence-corrected chi connectivity index (χ0v) is 18.9. The summed E-state index contributed by atoms with van der Waals surface area (Å²) in [4.78, 5) is 35.6. The van der Waals surface area contributed by atoms with E-state index in [-0.39, 0.29) is 11.6 Å². The number of aldehydes is 1. The average molecular weight is 447 g/mol. The topological polar surface area (TPSA) is 86.3 Å². The predicted octanol–water partition coefficient (Wildman–Crippen LogP) is 2.01. The molecule has 0 radical (unpaired) electrons. The van der Waals surface area contributed by atoms with Gasteiger partial charge in [0.05, 0.1) is 6.04 Å². The number of hydrogen-bond donors (Lipinski definition) is 2. The number of hydrogen-bond acceptors (Lipinski definition) is 6. The van der Waals surface area contributed by atoms with E-state index in [4.69, 9.17) is 0 Å². The Bertz CT molecular complexity index is 1190. The molecular weight excluding hydrogens is 416 g/mol. The number of rotatable bonds is 7. The van der Waals surface area contributed by atoms with Crippen LogP contribution < -0.4 is 15.8 Å². The highest BCUT2D eigenvalue weighted by molar-refractivity contribution is 5.77. The molecule has 33 heavy (non-hydrogen) atoms. The molecule has 1 unspecified atom stereocenters. The van der Waals surface area contributed by atoms with Crippen molar-refractivity contribution in [1.29, 1.82) is 0 Å². The molecule has 5 rings (SSSR count). The Labute approximate surface area is 192 Å². The number of fused-ring (bicyclic) bond motifs is 2. The van der Waals surface area contributed by atoms with Crippen molar-refractivity contribution >= 4 is 29.2 Å². The van der Waals surface area contributed by atoms with Gasteiger partial charge in [0.25, 0.3) is 5.56 Å². The number of carbonyl (C=O) groups is 1. The third-order valence-electron chi connectivity index (χ3n) is 6.90. The first-order chi connectivity index (χ1) is 16.1. The molecule has 5 heterocycles. The van der Waals surface area contributed by atoms with Crippen LogP contribution in [0.3, 0.4) is 0 Å². The molecule has 0 amide bonds. The van der Waals surface area contributed by atoms with Crippen LogP contribution in [0.2, 0.25) is 0 Å². The van der Waals surface area contributed by atoms with Gasteiger partial charge in [0, 0.05) is 61.6 Å². The number of allylic oxidation sites excluding steroid dienone is 1. The first-order valence-electron chi connectivity index (χ1n) is 11.6. The SMILES string of the molecule is CN1c2c(/C=C\C=O)ccc(=O)n2CC1CN1CCC(NCc2cc3cccnc3[nH]2)CC1. The van der Waals surface area contributed by atoms with Crippen LogP contribution in [0.25, 0.3) is 17.1 Å². The Morgan fingerprint density at radius 1 is 1.24 bits per heavy atom. The van der Waals surface area contributed by atoms with E-state index in [2.05, 4.69) is 37.2 Å². The number of nitrogens with zero attached hydrogens (tertiary/aromatic N) is 4. The number of aromatic amines is 1. The summed E-state index contributed by atoms with van der Waals surface area (Å²) in [5.41, 5.74) is 3.02. The fourth-order valence-corrected chi connectivity index (χ4v) is 5.10. The summed E-state index contributed by atoms with van der Waals surface area (Å²) in [7, 11) is 2.05. The average Bonchev–Trinajstić information content (AvgIpc) is 3.40. The zero-order chi connectivity index (χ0) is 22.8. The van der Waals surface area contributed by atoms with Crippen molar-refractivity contribution in [3.63, 3.8) is 0 Å². The summed E-state index contributed by atoms with van der Waals surface area (Å²) < 4.78 is 1.83. The van der Waals surface area contributed by atoms with Crippen molar-refractivity contribution in [2.24, 2.45) is 0 Å². The highest BCUT2D eigenvalue weighted by Crippen LogP contribution is 2.28. The van der Waals surface area contributed by atoms with Crippen molar-refractivity contribution in [2.45, 2.75) is 38.0 Å². The monoisotopic (exact) mass is 446 g/mol. The molecule has 0 bridgehead atoms. The molecule has 2 aliphatic rings. The number of H-pyrrole nitrogens is 1. The van der Waals surface area contributed by atoms with Gasteiger partial charge in [-0.25, -0.2) is 4.98 Å². The fraction of sp³-hybridized carbons (Fsp3) is 0.400. The quantitative estimate of drug-likeness (QED) is 0.427. The lowest BCUT2D eigenvalue weighted by Gasteiger charge is -2.35. The van der Waals surface area contributed by atoms with Crippen LogP contribution in [-0.2, 0) is 17.9 Å². The van der Waals surface area contributed by atoms with E-state index in [1.165, 1.54) is 11.8 Å². The van der Waals surface area contributed by atoms with Gasteiger partial charge >= 0.3 is 0 Å². The van der Waals surface area contributed by atoms with Crippen molar-refractivity contribution in [1.82, 2.24) is 24.8 Å². The molecule has 3 aromatic heterocycles. The van der Waals surface area contributed by atoms with Crippen LogP contribution >= 0.6 is 0 Å². The first kappa shape index (κ1) is 21.6. The molecule has 172 valence electrons. The summed E-state index contributed by atoms with van der Waals surface area (Å²) in [6, 6.07) is 10.3. The van der Waals surface area contributed by atoms with Gasteiger partial charge in [-0.3, -0.25) is 14.2 Å². The van der Waals surface area contributed by atoms with Gasteiger partial charge in [0.2, 0.25) is 0 Å². The minimum Gasteiger partial charge on any atom is -0.354 e. The first-order valence-corrected chi connectivity index (χ1v) is 11.6. The smallest absolute Gasteiger partial charge is 0.252 e. The highest BCUT2D eigenvalue weighted by Gasteiger charge is 2.31. The third kappa shape index (κ3) is 4.49. The zero-order valence-electron chi connectivity index (χ0n) is 18.9. The van der Waals surface area contributed by atoms with Crippen LogP contribution in [0.1, 0.15) is 24.1 Å². The van der Waals surface area contributed by atoms with Gasteiger partial charge in [-0.05, 0) is 62.3 Å². The summed E-state index contributed by atoms with van der Waals surface area (Å²) in [6.07, 6.45) is 8.04. The molecule has 8 nitrogen and oxygen atoms in total. The second-order valence-corrected chi connectivity index (χ2v) is 9.01. The molecule has 3 aromatic rings. The van der Waals surface area contributed by atoms with Crippen molar-refractivity contribution in [3.05, 3.63) is 64.2 Å². The van der Waals surface area contributed by atoms with Gasteiger partial charge in [0.1, 0.15) is 17.8 Å². The fourth-order valence-electron chi connectivity index (χ4n) is 5.10. The van der Waals surface area contributed by atoms with Crippen LogP contribution in [-0.4, -0.2) is 64.5 Å². The summed E-state index contributed by atoms with van der Waals surface area (Å²) in [5.74, 6) is 0.898. The number of likely N-dealkylation sites (N-methyl/N-ethyl adjacent to an activating group) is 1. The lowest BCUT2D eigenvalue weighted by molar-refractivity contribution is -0.104. The minimum atomic E-state index is 0.0117. The summed E-state index contributed by atoms with van der Waals surface area (Å²) >= 11 is 0. The minimum absolute atomic E-state index is 0.0117. The van der Waals surface area contributed by atoms with Crippen molar-refractivity contribution in [2.75, 3.05) is 31.6 Å². The van der Waals surface area contributed by atoms with E-state index in [0.29, 0.717) is 12.6 Å². The van der Waals surface area contributed by atoms with Crippen LogP contribution in [0.4, 0.5) is 5.82 Å². The van der Waals surface area contributed by atoms with E-state index in [1.54, 1.807) is 18.2 Å². The lowest BCUT2D eigenvalue weighted by Crippen LogP contribution is -2.47. The number of carbonyl (C=O) groups excluding carboxylic acids is 1. The number of anilines is 1. The molecular formula is C25H30N6O2. The maximum Gasteiger partial charge on any atom is 0.252 e. The van der Waals surface area contributed by atoms with E-state index < -0.39 is 0 Å².